The van der Waals surface area contributed by atoms with Crippen molar-refractivity contribution >= 4 is 12.0 Å². The van der Waals surface area contributed by atoms with E-state index in [9.17, 15) is 14.0 Å². The maximum atomic E-state index is 13.4. The number of nitrogens with zero attached hydrogens (tertiary/aromatic N) is 3. The molecule has 6 nitrogen and oxygen atoms in total. The lowest BCUT2D eigenvalue weighted by atomic mass is 10.2. The molecule has 0 unspecified atom stereocenters. The molecule has 0 bridgehead atoms. The van der Waals surface area contributed by atoms with Crippen LogP contribution >= 0.6 is 0 Å². The van der Waals surface area contributed by atoms with Gasteiger partial charge in [-0.1, -0.05) is 0 Å². The summed E-state index contributed by atoms with van der Waals surface area (Å²) in [5, 5.41) is 0. The van der Waals surface area contributed by atoms with Crippen LogP contribution in [0.3, 0.4) is 0 Å². The van der Waals surface area contributed by atoms with E-state index in [0.29, 0.717) is 26.2 Å². The van der Waals surface area contributed by atoms with Crippen molar-refractivity contribution in [3.63, 3.8) is 0 Å². The Labute approximate surface area is 109 Å². The highest BCUT2D eigenvalue weighted by Gasteiger charge is 2.26. The molecule has 1 fully saturated rings. The maximum absolute atomic E-state index is 13.4. The standard InChI is InChI=1S/C12H14FN3O3/c1-19-12(18)16-7-5-15(6-8-16)11(17)9-3-2-4-14-10(9)13/h2-4H,5-8H2,1H3. The van der Waals surface area contributed by atoms with Crippen molar-refractivity contribution in [3.05, 3.63) is 29.8 Å². The van der Waals surface area contributed by atoms with E-state index in [1.165, 1.54) is 35.2 Å². The lowest BCUT2D eigenvalue weighted by Crippen LogP contribution is -2.50. The first-order valence-corrected chi connectivity index (χ1v) is 5.86. The number of ether oxygens (including phenoxy) is 1. The van der Waals surface area contributed by atoms with Gasteiger partial charge in [0.25, 0.3) is 5.91 Å². The summed E-state index contributed by atoms with van der Waals surface area (Å²) in [4.78, 5) is 29.8. The summed E-state index contributed by atoms with van der Waals surface area (Å²) in [5.41, 5.74) is -0.0472. The Morgan fingerprint density at radius 1 is 1.26 bits per heavy atom. The van der Waals surface area contributed by atoms with E-state index in [-0.39, 0.29) is 5.56 Å². The Bertz CT molecular complexity index is 487. The second kappa shape index (κ2) is 5.64. The number of pyridine rings is 1. The molecular formula is C12H14FN3O3. The summed E-state index contributed by atoms with van der Waals surface area (Å²) >= 11 is 0. The quantitative estimate of drug-likeness (QED) is 0.704. The number of amides is 2. The van der Waals surface area contributed by atoms with Crippen molar-refractivity contribution in [2.24, 2.45) is 0 Å². The van der Waals surface area contributed by atoms with Gasteiger partial charge in [0.2, 0.25) is 5.95 Å². The highest BCUT2D eigenvalue weighted by Crippen LogP contribution is 2.11. The SMILES string of the molecule is COC(=O)N1CCN(C(=O)c2cccnc2F)CC1. The van der Waals surface area contributed by atoms with Crippen LogP contribution in [0.15, 0.2) is 18.3 Å². The summed E-state index contributed by atoms with van der Waals surface area (Å²) in [6, 6.07) is 2.92. The maximum Gasteiger partial charge on any atom is 0.409 e. The zero-order valence-electron chi connectivity index (χ0n) is 10.5. The molecule has 19 heavy (non-hydrogen) atoms. The third-order valence-corrected chi connectivity index (χ3v) is 2.99. The molecule has 1 aromatic heterocycles. The van der Waals surface area contributed by atoms with Crippen LogP contribution in [0.2, 0.25) is 0 Å². The third-order valence-electron chi connectivity index (χ3n) is 2.99. The van der Waals surface area contributed by atoms with E-state index in [1.54, 1.807) is 0 Å². The van der Waals surface area contributed by atoms with Gasteiger partial charge in [0.15, 0.2) is 0 Å². The van der Waals surface area contributed by atoms with Crippen LogP contribution < -0.4 is 0 Å². The van der Waals surface area contributed by atoms with Crippen molar-refractivity contribution in [3.8, 4) is 0 Å². The molecule has 0 N–H and O–H groups in total. The van der Waals surface area contributed by atoms with Crippen LogP contribution in [0.25, 0.3) is 0 Å². The lowest BCUT2D eigenvalue weighted by molar-refractivity contribution is 0.0594. The molecule has 0 radical (unpaired) electrons. The fraction of sp³-hybridized carbons (Fsp3) is 0.417. The summed E-state index contributed by atoms with van der Waals surface area (Å²) in [7, 11) is 1.31. The molecule has 0 aliphatic carbocycles. The van der Waals surface area contributed by atoms with Gasteiger partial charge in [-0.05, 0) is 12.1 Å². The molecule has 102 valence electrons. The topological polar surface area (TPSA) is 62.7 Å². The van der Waals surface area contributed by atoms with Crippen LogP contribution in [-0.4, -0.2) is 60.1 Å². The smallest absolute Gasteiger partial charge is 0.409 e. The van der Waals surface area contributed by atoms with E-state index in [2.05, 4.69) is 9.72 Å². The second-order valence-electron chi connectivity index (χ2n) is 4.09. The molecule has 0 spiro atoms. The Kier molecular flexibility index (Phi) is 3.94. The number of hydrogen-bond donors (Lipinski definition) is 0. The zero-order chi connectivity index (χ0) is 13.8. The average Bonchev–Trinajstić information content (AvgIpc) is 2.46. The van der Waals surface area contributed by atoms with Gasteiger partial charge in [0.1, 0.15) is 0 Å². The van der Waals surface area contributed by atoms with E-state index >= 15 is 0 Å². The molecule has 1 saturated heterocycles. The van der Waals surface area contributed by atoms with E-state index < -0.39 is 17.9 Å². The first-order valence-electron chi connectivity index (χ1n) is 5.86. The Hall–Kier alpha value is -2.18. The van der Waals surface area contributed by atoms with Crippen LogP contribution in [-0.2, 0) is 4.74 Å². The zero-order valence-corrected chi connectivity index (χ0v) is 10.5. The van der Waals surface area contributed by atoms with Crippen molar-refractivity contribution in [1.29, 1.82) is 0 Å². The number of carbonyl (C=O) groups excluding carboxylic acids is 2. The number of halogens is 1. The number of aromatic nitrogens is 1. The van der Waals surface area contributed by atoms with Crippen LogP contribution in [0, 0.1) is 5.95 Å². The van der Waals surface area contributed by atoms with Gasteiger partial charge in [-0.2, -0.15) is 4.39 Å². The molecular weight excluding hydrogens is 253 g/mol. The van der Waals surface area contributed by atoms with Crippen LogP contribution in [0.5, 0.6) is 0 Å². The molecule has 1 aliphatic heterocycles. The van der Waals surface area contributed by atoms with Crippen molar-refractivity contribution in [2.45, 2.75) is 0 Å². The largest absolute Gasteiger partial charge is 0.453 e. The van der Waals surface area contributed by atoms with Crippen LogP contribution in [0.1, 0.15) is 10.4 Å². The predicted molar refractivity (Wildman–Crippen MR) is 64.1 cm³/mol. The molecule has 1 aromatic rings. The minimum atomic E-state index is -0.775. The minimum Gasteiger partial charge on any atom is -0.453 e. The first-order chi connectivity index (χ1) is 9.13. The molecule has 7 heteroatoms. The minimum absolute atomic E-state index is 0.0472. The fourth-order valence-corrected chi connectivity index (χ4v) is 1.94. The van der Waals surface area contributed by atoms with Crippen LogP contribution in [0.4, 0.5) is 9.18 Å². The Morgan fingerprint density at radius 2 is 1.89 bits per heavy atom. The molecule has 1 aliphatic rings. The van der Waals surface area contributed by atoms with E-state index in [4.69, 9.17) is 0 Å². The number of rotatable bonds is 1. The molecule has 0 saturated carbocycles. The Morgan fingerprint density at radius 3 is 2.47 bits per heavy atom. The van der Waals surface area contributed by atoms with Gasteiger partial charge in [0.05, 0.1) is 12.7 Å². The normalized spacial score (nSPS) is 15.3. The summed E-state index contributed by atoms with van der Waals surface area (Å²) in [6.45, 7) is 1.45. The van der Waals surface area contributed by atoms with Gasteiger partial charge >= 0.3 is 6.09 Å². The van der Waals surface area contributed by atoms with Gasteiger partial charge in [-0.25, -0.2) is 9.78 Å². The number of hydrogen-bond acceptors (Lipinski definition) is 4. The summed E-state index contributed by atoms with van der Waals surface area (Å²) in [6.07, 6.45) is 0.876. The highest BCUT2D eigenvalue weighted by molar-refractivity contribution is 5.94. The number of methoxy groups -OCH3 is 1. The van der Waals surface area contributed by atoms with Crippen molar-refractivity contribution in [1.82, 2.24) is 14.8 Å². The molecule has 0 atom stereocenters. The predicted octanol–water partition coefficient (Wildman–Crippen LogP) is 0.745. The summed E-state index contributed by atoms with van der Waals surface area (Å²) in [5.74, 6) is -1.18. The van der Waals surface area contributed by atoms with E-state index in [1.807, 2.05) is 0 Å². The highest BCUT2D eigenvalue weighted by atomic mass is 19.1. The molecule has 2 rings (SSSR count). The number of piperazine rings is 1. The molecule has 2 heterocycles. The van der Waals surface area contributed by atoms with Gasteiger partial charge in [-0.3, -0.25) is 4.79 Å². The third kappa shape index (κ3) is 2.81. The van der Waals surface area contributed by atoms with Crippen molar-refractivity contribution < 1.29 is 18.7 Å². The first kappa shape index (κ1) is 13.3. The fourth-order valence-electron chi connectivity index (χ4n) is 1.94. The number of carbonyl (C=O) groups is 2. The lowest BCUT2D eigenvalue weighted by Gasteiger charge is -2.33. The second-order valence-corrected chi connectivity index (χ2v) is 4.09. The van der Waals surface area contributed by atoms with E-state index in [0.717, 1.165) is 0 Å². The molecule has 0 aromatic carbocycles. The Balaban J connectivity index is 2.00. The van der Waals surface area contributed by atoms with Gasteiger partial charge in [0, 0.05) is 32.4 Å². The summed E-state index contributed by atoms with van der Waals surface area (Å²) < 4.78 is 18.0. The van der Waals surface area contributed by atoms with Gasteiger partial charge in [-0.15, -0.1) is 0 Å². The average molecular weight is 267 g/mol. The van der Waals surface area contributed by atoms with Crippen molar-refractivity contribution in [2.75, 3.05) is 33.3 Å². The molecule has 2 amide bonds. The monoisotopic (exact) mass is 267 g/mol. The van der Waals surface area contributed by atoms with Gasteiger partial charge < -0.3 is 14.5 Å².